The Morgan fingerprint density at radius 3 is 2.59 bits per heavy atom. The van der Waals surface area contributed by atoms with E-state index in [1.807, 2.05) is 0 Å². The third kappa shape index (κ3) is 2.20. The van der Waals surface area contributed by atoms with Gasteiger partial charge in [-0.25, -0.2) is 0 Å². The number of hydrogen-bond donors (Lipinski definition) is 2. The molecule has 0 radical (unpaired) electrons. The van der Waals surface area contributed by atoms with Crippen LogP contribution in [0.2, 0.25) is 0 Å². The molecule has 2 rings (SSSR count). The van der Waals surface area contributed by atoms with Crippen LogP contribution in [-0.4, -0.2) is 47.2 Å². The highest BCUT2D eigenvalue weighted by molar-refractivity contribution is 5.79. The van der Waals surface area contributed by atoms with Crippen LogP contribution in [0.15, 0.2) is 0 Å². The maximum Gasteiger partial charge on any atom is 0.323 e. The minimum atomic E-state index is -0.692. The fraction of sp³-hybridized carbons (Fsp3) is 0.923. The molecule has 1 heterocycles. The third-order valence-corrected chi connectivity index (χ3v) is 4.68. The first-order valence-corrected chi connectivity index (χ1v) is 6.66. The number of nitrogens with zero attached hydrogens (tertiary/aromatic N) is 1. The van der Waals surface area contributed by atoms with Gasteiger partial charge in [0.15, 0.2) is 0 Å². The topological polar surface area (TPSA) is 52.6 Å². The molecular weight excluding hydrogens is 216 g/mol. The number of aliphatic carboxylic acids is 1. The summed E-state index contributed by atoms with van der Waals surface area (Å²) in [6.07, 6.45) is 3.75. The van der Waals surface area contributed by atoms with E-state index >= 15 is 0 Å². The number of nitrogens with one attached hydrogen (secondary N) is 1. The van der Waals surface area contributed by atoms with E-state index in [9.17, 15) is 9.90 Å². The Balaban J connectivity index is 2.04. The molecule has 4 heteroatoms. The number of likely N-dealkylation sites (N-methyl/N-ethyl adjacent to an activating group) is 1. The molecular formula is C13H24N2O2. The zero-order valence-corrected chi connectivity index (χ0v) is 11.1. The van der Waals surface area contributed by atoms with E-state index in [0.29, 0.717) is 12.1 Å². The molecule has 0 bridgehead atoms. The van der Waals surface area contributed by atoms with Gasteiger partial charge in [0, 0.05) is 18.6 Å². The van der Waals surface area contributed by atoms with Crippen LogP contribution in [0.3, 0.4) is 0 Å². The normalized spacial score (nSPS) is 43.1. The van der Waals surface area contributed by atoms with E-state index in [2.05, 4.69) is 24.1 Å². The van der Waals surface area contributed by atoms with Gasteiger partial charge in [-0.05, 0) is 45.6 Å². The smallest absolute Gasteiger partial charge is 0.323 e. The highest BCUT2D eigenvalue weighted by atomic mass is 16.4. The lowest BCUT2D eigenvalue weighted by atomic mass is 9.97. The van der Waals surface area contributed by atoms with Crippen molar-refractivity contribution in [2.24, 2.45) is 5.92 Å². The minimum Gasteiger partial charge on any atom is -0.480 e. The molecule has 98 valence electrons. The number of carboxylic acids is 1. The number of rotatable bonds is 3. The van der Waals surface area contributed by atoms with E-state index in [-0.39, 0.29) is 0 Å². The monoisotopic (exact) mass is 240 g/mol. The molecule has 4 nitrogen and oxygen atoms in total. The van der Waals surface area contributed by atoms with Crippen molar-refractivity contribution in [3.8, 4) is 0 Å². The van der Waals surface area contributed by atoms with Gasteiger partial charge in [0.1, 0.15) is 5.54 Å². The van der Waals surface area contributed by atoms with Crippen LogP contribution in [0.5, 0.6) is 0 Å². The van der Waals surface area contributed by atoms with Gasteiger partial charge >= 0.3 is 5.97 Å². The van der Waals surface area contributed by atoms with Crippen molar-refractivity contribution >= 4 is 5.97 Å². The molecule has 1 aliphatic heterocycles. The van der Waals surface area contributed by atoms with Gasteiger partial charge in [-0.3, -0.25) is 9.69 Å². The van der Waals surface area contributed by atoms with Crippen molar-refractivity contribution in [1.29, 1.82) is 0 Å². The van der Waals surface area contributed by atoms with E-state index < -0.39 is 11.5 Å². The molecule has 1 saturated heterocycles. The lowest BCUT2D eigenvalue weighted by Crippen LogP contribution is -2.49. The van der Waals surface area contributed by atoms with Gasteiger partial charge in [-0.15, -0.1) is 0 Å². The molecule has 2 N–H and O–H groups in total. The van der Waals surface area contributed by atoms with Crippen LogP contribution in [0, 0.1) is 5.92 Å². The maximum absolute atomic E-state index is 11.4. The summed E-state index contributed by atoms with van der Waals surface area (Å²) < 4.78 is 0. The Morgan fingerprint density at radius 1 is 1.47 bits per heavy atom. The van der Waals surface area contributed by atoms with Gasteiger partial charge in [0.2, 0.25) is 0 Å². The summed E-state index contributed by atoms with van der Waals surface area (Å²) in [5, 5.41) is 12.4. The second-order valence-electron chi connectivity index (χ2n) is 5.92. The molecule has 0 aromatic heterocycles. The summed E-state index contributed by atoms with van der Waals surface area (Å²) in [5.74, 6) is 0.0572. The predicted molar refractivity (Wildman–Crippen MR) is 67.0 cm³/mol. The van der Waals surface area contributed by atoms with Crippen molar-refractivity contribution in [2.75, 3.05) is 13.6 Å². The summed E-state index contributed by atoms with van der Waals surface area (Å²) in [5.41, 5.74) is -0.684. The SMILES string of the molecule is CNC1(C(=O)O)CCC(N2CC(C)CC2C)C1. The molecule has 0 aromatic carbocycles. The predicted octanol–water partition coefficient (Wildman–Crippen LogP) is 1.31. The van der Waals surface area contributed by atoms with Crippen molar-refractivity contribution < 1.29 is 9.90 Å². The summed E-state index contributed by atoms with van der Waals surface area (Å²) in [4.78, 5) is 13.9. The fourth-order valence-corrected chi connectivity index (χ4v) is 3.67. The third-order valence-electron chi connectivity index (χ3n) is 4.68. The first kappa shape index (κ1) is 12.8. The number of carbonyl (C=O) groups is 1. The van der Waals surface area contributed by atoms with Gasteiger partial charge in [-0.1, -0.05) is 6.92 Å². The summed E-state index contributed by atoms with van der Waals surface area (Å²) in [6, 6.07) is 1.05. The van der Waals surface area contributed by atoms with Crippen LogP contribution in [0.4, 0.5) is 0 Å². The molecule has 1 aliphatic carbocycles. The maximum atomic E-state index is 11.4. The van der Waals surface area contributed by atoms with E-state index in [1.54, 1.807) is 7.05 Å². The van der Waals surface area contributed by atoms with E-state index in [4.69, 9.17) is 0 Å². The Kier molecular flexibility index (Phi) is 3.46. The lowest BCUT2D eigenvalue weighted by molar-refractivity contribution is -0.144. The van der Waals surface area contributed by atoms with E-state index in [0.717, 1.165) is 31.7 Å². The zero-order chi connectivity index (χ0) is 12.6. The van der Waals surface area contributed by atoms with Gasteiger partial charge in [-0.2, -0.15) is 0 Å². The van der Waals surface area contributed by atoms with Gasteiger partial charge in [0.05, 0.1) is 0 Å². The number of carboxylic acid groups (broad SMARTS) is 1. The standard InChI is InChI=1S/C13H24N2O2/c1-9-6-10(2)15(8-9)11-4-5-13(7-11,14-3)12(16)17/h9-11,14H,4-8H2,1-3H3,(H,16,17). The first-order chi connectivity index (χ1) is 7.98. The molecule has 0 spiro atoms. The molecule has 0 aromatic rings. The molecule has 0 amide bonds. The average molecular weight is 240 g/mol. The van der Waals surface area contributed by atoms with Gasteiger partial charge < -0.3 is 10.4 Å². The number of hydrogen-bond acceptors (Lipinski definition) is 3. The Hall–Kier alpha value is -0.610. The van der Waals surface area contributed by atoms with Crippen LogP contribution in [-0.2, 0) is 4.79 Å². The Labute approximate surface area is 103 Å². The highest BCUT2D eigenvalue weighted by Gasteiger charge is 2.47. The summed E-state index contributed by atoms with van der Waals surface area (Å²) in [6.45, 7) is 5.68. The van der Waals surface area contributed by atoms with Crippen molar-refractivity contribution in [3.05, 3.63) is 0 Å². The van der Waals surface area contributed by atoms with E-state index in [1.165, 1.54) is 6.42 Å². The van der Waals surface area contributed by atoms with Crippen molar-refractivity contribution in [3.63, 3.8) is 0 Å². The van der Waals surface area contributed by atoms with Crippen LogP contribution >= 0.6 is 0 Å². The Morgan fingerprint density at radius 2 is 2.18 bits per heavy atom. The second-order valence-corrected chi connectivity index (χ2v) is 5.92. The van der Waals surface area contributed by atoms with Crippen LogP contribution in [0.1, 0.15) is 39.5 Å². The molecule has 4 unspecified atom stereocenters. The van der Waals surface area contributed by atoms with Crippen molar-refractivity contribution in [1.82, 2.24) is 10.2 Å². The fourth-order valence-electron chi connectivity index (χ4n) is 3.67. The minimum absolute atomic E-state index is 0.443. The van der Waals surface area contributed by atoms with Crippen LogP contribution in [0.25, 0.3) is 0 Å². The number of likely N-dealkylation sites (tertiary alicyclic amines) is 1. The summed E-state index contributed by atoms with van der Waals surface area (Å²) in [7, 11) is 1.77. The zero-order valence-electron chi connectivity index (χ0n) is 11.1. The van der Waals surface area contributed by atoms with Crippen molar-refractivity contribution in [2.45, 2.75) is 57.2 Å². The molecule has 1 saturated carbocycles. The summed E-state index contributed by atoms with van der Waals surface area (Å²) >= 11 is 0. The second kappa shape index (κ2) is 4.58. The first-order valence-electron chi connectivity index (χ1n) is 6.66. The lowest BCUT2D eigenvalue weighted by Gasteiger charge is -2.30. The Bertz CT molecular complexity index is 308. The largest absolute Gasteiger partial charge is 0.480 e. The highest BCUT2D eigenvalue weighted by Crippen LogP contribution is 2.37. The molecule has 2 fully saturated rings. The molecule has 17 heavy (non-hydrogen) atoms. The van der Waals surface area contributed by atoms with Gasteiger partial charge in [0.25, 0.3) is 0 Å². The molecule has 2 aliphatic rings. The van der Waals surface area contributed by atoms with Crippen LogP contribution < -0.4 is 5.32 Å². The molecule has 4 atom stereocenters. The average Bonchev–Trinajstić information content (AvgIpc) is 2.82. The quantitative estimate of drug-likeness (QED) is 0.781.